The monoisotopic (exact) mass is 243 g/mol. The summed E-state index contributed by atoms with van der Waals surface area (Å²) >= 11 is 0. The smallest absolute Gasteiger partial charge is 0.303 e. The maximum atomic E-state index is 10.5. The third-order valence-electron chi connectivity index (χ3n) is 3.33. The summed E-state index contributed by atoms with van der Waals surface area (Å²) in [4.78, 5) is 12.9. The zero-order valence-corrected chi connectivity index (χ0v) is 10.9. The van der Waals surface area contributed by atoms with Crippen molar-refractivity contribution in [3.05, 3.63) is 0 Å². The van der Waals surface area contributed by atoms with Gasteiger partial charge in [0.1, 0.15) is 0 Å². The van der Waals surface area contributed by atoms with Crippen LogP contribution >= 0.6 is 0 Å². The minimum Gasteiger partial charge on any atom is -0.481 e. The summed E-state index contributed by atoms with van der Waals surface area (Å²) in [6.07, 6.45) is 4.60. The molecule has 1 rings (SSSR count). The van der Waals surface area contributed by atoms with Crippen molar-refractivity contribution in [3.8, 4) is 0 Å². The Balaban J connectivity index is 1.99. The van der Waals surface area contributed by atoms with Gasteiger partial charge in [-0.25, -0.2) is 0 Å². The van der Waals surface area contributed by atoms with E-state index in [1.54, 1.807) is 0 Å². The zero-order chi connectivity index (χ0) is 12.5. The fourth-order valence-corrected chi connectivity index (χ4v) is 2.22. The van der Waals surface area contributed by atoms with Crippen molar-refractivity contribution >= 4 is 5.97 Å². The summed E-state index contributed by atoms with van der Waals surface area (Å²) < 4.78 is 5.53. The topological polar surface area (TPSA) is 49.8 Å². The van der Waals surface area contributed by atoms with Gasteiger partial charge in [-0.05, 0) is 31.7 Å². The minimum absolute atomic E-state index is 0.311. The highest BCUT2D eigenvalue weighted by atomic mass is 16.5. The van der Waals surface area contributed by atoms with Gasteiger partial charge in [0.15, 0.2) is 0 Å². The second-order valence-electron chi connectivity index (χ2n) is 4.85. The standard InChI is InChI=1S/C13H25NO3/c1-2-3-9-17-10-8-14-7-6-12(11-14)4-5-13(15)16/h12H,2-11H2,1H3,(H,15,16). The Bertz CT molecular complexity index is 221. The molecular formula is C13H25NO3. The van der Waals surface area contributed by atoms with Crippen LogP contribution in [0.3, 0.4) is 0 Å². The first-order chi connectivity index (χ1) is 8.22. The Morgan fingerprint density at radius 3 is 3.00 bits per heavy atom. The first kappa shape index (κ1) is 14.5. The van der Waals surface area contributed by atoms with Crippen LogP contribution in [0.1, 0.15) is 39.0 Å². The van der Waals surface area contributed by atoms with Crippen molar-refractivity contribution in [1.82, 2.24) is 4.90 Å². The number of ether oxygens (including phenoxy) is 1. The number of hydrogen-bond donors (Lipinski definition) is 1. The summed E-state index contributed by atoms with van der Waals surface area (Å²) in [5, 5.41) is 8.63. The molecule has 1 N–H and O–H groups in total. The Morgan fingerprint density at radius 2 is 2.29 bits per heavy atom. The van der Waals surface area contributed by atoms with Gasteiger partial charge in [-0.15, -0.1) is 0 Å². The van der Waals surface area contributed by atoms with Gasteiger partial charge in [-0.1, -0.05) is 13.3 Å². The second kappa shape index (κ2) is 8.48. The largest absolute Gasteiger partial charge is 0.481 e. The van der Waals surface area contributed by atoms with E-state index in [9.17, 15) is 4.79 Å². The maximum Gasteiger partial charge on any atom is 0.303 e. The lowest BCUT2D eigenvalue weighted by molar-refractivity contribution is -0.137. The molecule has 0 aliphatic carbocycles. The maximum absolute atomic E-state index is 10.5. The van der Waals surface area contributed by atoms with Crippen LogP contribution in [-0.4, -0.2) is 48.8 Å². The summed E-state index contributed by atoms with van der Waals surface area (Å²) in [6, 6.07) is 0. The molecule has 0 amide bonds. The van der Waals surface area contributed by atoms with E-state index in [2.05, 4.69) is 11.8 Å². The van der Waals surface area contributed by atoms with Crippen molar-refractivity contribution in [2.75, 3.05) is 32.8 Å². The Kier molecular flexibility index (Phi) is 7.21. The van der Waals surface area contributed by atoms with E-state index < -0.39 is 5.97 Å². The minimum atomic E-state index is -0.675. The molecule has 1 aliphatic heterocycles. The van der Waals surface area contributed by atoms with E-state index in [0.717, 1.165) is 52.1 Å². The van der Waals surface area contributed by atoms with E-state index >= 15 is 0 Å². The lowest BCUT2D eigenvalue weighted by Crippen LogP contribution is -2.25. The van der Waals surface area contributed by atoms with E-state index in [1.807, 2.05) is 0 Å². The average Bonchev–Trinajstić information content (AvgIpc) is 2.74. The first-order valence-corrected chi connectivity index (χ1v) is 6.74. The number of nitrogens with zero attached hydrogens (tertiary/aromatic N) is 1. The van der Waals surface area contributed by atoms with Gasteiger partial charge in [0.2, 0.25) is 0 Å². The molecule has 1 heterocycles. The van der Waals surface area contributed by atoms with Crippen LogP contribution in [0.15, 0.2) is 0 Å². The predicted octanol–water partition coefficient (Wildman–Crippen LogP) is 1.99. The molecule has 0 aromatic carbocycles. The number of likely N-dealkylation sites (tertiary alicyclic amines) is 1. The molecule has 4 nitrogen and oxygen atoms in total. The number of hydrogen-bond acceptors (Lipinski definition) is 3. The highest BCUT2D eigenvalue weighted by molar-refractivity contribution is 5.66. The molecule has 1 aliphatic rings. The molecule has 4 heteroatoms. The normalized spacial score (nSPS) is 20.9. The van der Waals surface area contributed by atoms with Crippen LogP contribution < -0.4 is 0 Å². The number of carboxylic acid groups (broad SMARTS) is 1. The second-order valence-corrected chi connectivity index (χ2v) is 4.85. The third-order valence-corrected chi connectivity index (χ3v) is 3.33. The van der Waals surface area contributed by atoms with Crippen molar-refractivity contribution in [3.63, 3.8) is 0 Å². The van der Waals surface area contributed by atoms with Gasteiger partial charge >= 0.3 is 5.97 Å². The molecule has 0 bridgehead atoms. The van der Waals surface area contributed by atoms with Crippen LogP contribution in [0.5, 0.6) is 0 Å². The van der Waals surface area contributed by atoms with Crippen LogP contribution in [0.2, 0.25) is 0 Å². The lowest BCUT2D eigenvalue weighted by Gasteiger charge is -2.15. The van der Waals surface area contributed by atoms with Crippen LogP contribution in [0.25, 0.3) is 0 Å². The van der Waals surface area contributed by atoms with Crippen molar-refractivity contribution < 1.29 is 14.6 Å². The van der Waals surface area contributed by atoms with E-state index in [0.29, 0.717) is 12.3 Å². The summed E-state index contributed by atoms with van der Waals surface area (Å²) in [7, 11) is 0. The molecule has 0 spiro atoms. The van der Waals surface area contributed by atoms with E-state index in [-0.39, 0.29) is 0 Å². The molecule has 1 unspecified atom stereocenters. The molecule has 1 atom stereocenters. The van der Waals surface area contributed by atoms with Crippen molar-refractivity contribution in [2.45, 2.75) is 39.0 Å². The van der Waals surface area contributed by atoms with Gasteiger partial charge in [0, 0.05) is 26.1 Å². The Labute approximate surface area is 104 Å². The average molecular weight is 243 g/mol. The third kappa shape index (κ3) is 6.64. The fraction of sp³-hybridized carbons (Fsp3) is 0.923. The fourth-order valence-electron chi connectivity index (χ4n) is 2.22. The number of rotatable bonds is 9. The van der Waals surface area contributed by atoms with Gasteiger partial charge < -0.3 is 14.7 Å². The number of carbonyl (C=O) groups is 1. The van der Waals surface area contributed by atoms with Crippen LogP contribution in [-0.2, 0) is 9.53 Å². The molecule has 0 aromatic rings. The molecule has 100 valence electrons. The molecule has 0 saturated carbocycles. The SMILES string of the molecule is CCCCOCCN1CCC(CCC(=O)O)C1. The Hall–Kier alpha value is -0.610. The van der Waals surface area contributed by atoms with Crippen LogP contribution in [0, 0.1) is 5.92 Å². The molecule has 1 fully saturated rings. The molecule has 17 heavy (non-hydrogen) atoms. The number of unbranched alkanes of at least 4 members (excludes halogenated alkanes) is 1. The highest BCUT2D eigenvalue weighted by Gasteiger charge is 2.22. The van der Waals surface area contributed by atoms with E-state index in [1.165, 1.54) is 6.42 Å². The lowest BCUT2D eigenvalue weighted by atomic mass is 10.0. The van der Waals surface area contributed by atoms with Gasteiger partial charge in [-0.3, -0.25) is 4.79 Å². The first-order valence-electron chi connectivity index (χ1n) is 6.74. The van der Waals surface area contributed by atoms with Gasteiger partial charge in [-0.2, -0.15) is 0 Å². The molecular weight excluding hydrogens is 218 g/mol. The molecule has 1 saturated heterocycles. The van der Waals surface area contributed by atoms with Crippen molar-refractivity contribution in [2.24, 2.45) is 5.92 Å². The van der Waals surface area contributed by atoms with Gasteiger partial charge in [0.05, 0.1) is 6.61 Å². The Morgan fingerprint density at radius 1 is 1.47 bits per heavy atom. The van der Waals surface area contributed by atoms with Gasteiger partial charge in [0.25, 0.3) is 0 Å². The molecule has 0 aromatic heterocycles. The van der Waals surface area contributed by atoms with E-state index in [4.69, 9.17) is 9.84 Å². The summed E-state index contributed by atoms with van der Waals surface area (Å²) in [5.41, 5.74) is 0. The quantitative estimate of drug-likeness (QED) is 0.629. The summed E-state index contributed by atoms with van der Waals surface area (Å²) in [6.45, 7) is 6.98. The number of aliphatic carboxylic acids is 1. The molecule has 0 radical (unpaired) electrons. The predicted molar refractivity (Wildman–Crippen MR) is 67.1 cm³/mol. The zero-order valence-electron chi connectivity index (χ0n) is 10.9. The highest BCUT2D eigenvalue weighted by Crippen LogP contribution is 2.20. The van der Waals surface area contributed by atoms with Crippen LogP contribution in [0.4, 0.5) is 0 Å². The summed E-state index contributed by atoms with van der Waals surface area (Å²) in [5.74, 6) is -0.104. The number of carboxylic acids is 1. The van der Waals surface area contributed by atoms with Crippen molar-refractivity contribution in [1.29, 1.82) is 0 Å².